The van der Waals surface area contributed by atoms with E-state index in [1.165, 1.54) is 36.8 Å². The molecule has 3 atom stereocenters. The van der Waals surface area contributed by atoms with E-state index < -0.39 is 0 Å². The standard InChI is InChI=1S/C25H30O4/c1-3-27-24(26)15-18-7-10-20(11-8-18)21-12-9-19(14-21)13-17(2)22-5-4-6-23-25(22)29-16-28-23/h4-8,10-11,17,19,21H,3,9,12-16H2,1-2H3/t17-,19+,21+/m0/s1. The molecule has 1 saturated carbocycles. The summed E-state index contributed by atoms with van der Waals surface area (Å²) in [7, 11) is 0. The van der Waals surface area contributed by atoms with Gasteiger partial charge in [-0.15, -0.1) is 0 Å². The van der Waals surface area contributed by atoms with Crippen molar-refractivity contribution < 1.29 is 19.0 Å². The molecule has 4 heteroatoms. The Bertz CT molecular complexity index is 842. The fourth-order valence-electron chi connectivity index (χ4n) is 4.85. The Morgan fingerprint density at radius 3 is 2.76 bits per heavy atom. The third-order valence-electron chi connectivity index (χ3n) is 6.29. The van der Waals surface area contributed by atoms with Crippen molar-refractivity contribution in [1.29, 1.82) is 0 Å². The van der Waals surface area contributed by atoms with Crippen LogP contribution in [0.25, 0.3) is 0 Å². The monoisotopic (exact) mass is 394 g/mol. The van der Waals surface area contributed by atoms with Gasteiger partial charge in [0, 0.05) is 5.56 Å². The first-order valence-corrected chi connectivity index (χ1v) is 10.8. The van der Waals surface area contributed by atoms with E-state index in [0.29, 0.717) is 31.7 Å². The van der Waals surface area contributed by atoms with E-state index in [9.17, 15) is 4.79 Å². The molecule has 29 heavy (non-hydrogen) atoms. The van der Waals surface area contributed by atoms with Crippen LogP contribution in [0.5, 0.6) is 11.5 Å². The van der Waals surface area contributed by atoms with Crippen LogP contribution in [0.4, 0.5) is 0 Å². The molecule has 1 heterocycles. The zero-order valence-electron chi connectivity index (χ0n) is 17.4. The number of fused-ring (bicyclic) bond motifs is 1. The number of benzene rings is 2. The third-order valence-corrected chi connectivity index (χ3v) is 6.29. The first kappa shape index (κ1) is 19.8. The normalized spacial score (nSPS) is 21.2. The molecule has 2 aromatic rings. The molecule has 1 aliphatic heterocycles. The van der Waals surface area contributed by atoms with E-state index in [1.807, 2.05) is 13.0 Å². The van der Waals surface area contributed by atoms with Gasteiger partial charge in [-0.3, -0.25) is 4.79 Å². The highest BCUT2D eigenvalue weighted by atomic mass is 16.7. The Kier molecular flexibility index (Phi) is 6.08. The van der Waals surface area contributed by atoms with Gasteiger partial charge in [0.1, 0.15) is 0 Å². The largest absolute Gasteiger partial charge is 0.466 e. The zero-order valence-corrected chi connectivity index (χ0v) is 17.4. The van der Waals surface area contributed by atoms with Crippen molar-refractivity contribution >= 4 is 5.97 Å². The summed E-state index contributed by atoms with van der Waals surface area (Å²) < 4.78 is 16.3. The number of hydrogen-bond donors (Lipinski definition) is 0. The van der Waals surface area contributed by atoms with Crippen LogP contribution in [0.2, 0.25) is 0 Å². The molecule has 0 aromatic heterocycles. The van der Waals surface area contributed by atoms with Crippen LogP contribution in [0.3, 0.4) is 0 Å². The van der Waals surface area contributed by atoms with Crippen molar-refractivity contribution in [2.24, 2.45) is 5.92 Å². The Labute approximate surface area is 173 Å². The van der Waals surface area contributed by atoms with E-state index in [-0.39, 0.29) is 5.97 Å². The van der Waals surface area contributed by atoms with Crippen molar-refractivity contribution in [3.05, 3.63) is 59.2 Å². The molecular formula is C25H30O4. The van der Waals surface area contributed by atoms with E-state index in [2.05, 4.69) is 43.3 Å². The Morgan fingerprint density at radius 2 is 1.97 bits per heavy atom. The maximum absolute atomic E-state index is 11.6. The maximum atomic E-state index is 11.6. The Morgan fingerprint density at radius 1 is 1.14 bits per heavy atom. The summed E-state index contributed by atoms with van der Waals surface area (Å²) in [5.41, 5.74) is 3.69. The number of hydrogen-bond acceptors (Lipinski definition) is 4. The molecule has 0 bridgehead atoms. The van der Waals surface area contributed by atoms with Crippen LogP contribution < -0.4 is 9.47 Å². The van der Waals surface area contributed by atoms with Crippen molar-refractivity contribution in [1.82, 2.24) is 0 Å². The summed E-state index contributed by atoms with van der Waals surface area (Å²) in [6.45, 7) is 4.90. The first-order valence-electron chi connectivity index (χ1n) is 10.8. The Balaban J connectivity index is 1.33. The summed E-state index contributed by atoms with van der Waals surface area (Å²) in [6, 6.07) is 14.8. The van der Waals surface area contributed by atoms with Gasteiger partial charge in [-0.25, -0.2) is 0 Å². The van der Waals surface area contributed by atoms with Gasteiger partial charge >= 0.3 is 5.97 Å². The average molecular weight is 395 g/mol. The molecular weight excluding hydrogens is 364 g/mol. The van der Waals surface area contributed by atoms with Gasteiger partial charge in [0.25, 0.3) is 0 Å². The third kappa shape index (κ3) is 4.58. The number of ether oxygens (including phenoxy) is 3. The number of rotatable bonds is 7. The van der Waals surface area contributed by atoms with Crippen LogP contribution in [0.1, 0.15) is 68.1 Å². The first-order chi connectivity index (χ1) is 14.1. The zero-order chi connectivity index (χ0) is 20.2. The summed E-state index contributed by atoms with van der Waals surface area (Å²) in [6.07, 6.45) is 5.27. The molecule has 2 aromatic carbocycles. The summed E-state index contributed by atoms with van der Waals surface area (Å²) in [5, 5.41) is 0. The van der Waals surface area contributed by atoms with Crippen molar-refractivity contribution in [3.63, 3.8) is 0 Å². The lowest BCUT2D eigenvalue weighted by molar-refractivity contribution is -0.142. The molecule has 4 rings (SSSR count). The molecule has 0 N–H and O–H groups in total. The lowest BCUT2D eigenvalue weighted by Gasteiger charge is -2.19. The number of carbonyl (C=O) groups excluding carboxylic acids is 1. The van der Waals surface area contributed by atoms with Gasteiger partial charge in [-0.1, -0.05) is 43.3 Å². The number of para-hydroxylation sites is 1. The van der Waals surface area contributed by atoms with Crippen LogP contribution in [-0.2, 0) is 16.0 Å². The molecule has 0 saturated heterocycles. The summed E-state index contributed by atoms with van der Waals surface area (Å²) in [4.78, 5) is 11.6. The fourth-order valence-corrected chi connectivity index (χ4v) is 4.85. The van der Waals surface area contributed by atoms with Gasteiger partial charge in [0.15, 0.2) is 11.5 Å². The molecule has 0 radical (unpaired) electrons. The average Bonchev–Trinajstić information content (AvgIpc) is 3.38. The molecule has 0 spiro atoms. The predicted octanol–water partition coefficient (Wildman–Crippen LogP) is 5.60. The predicted molar refractivity (Wildman–Crippen MR) is 112 cm³/mol. The molecule has 4 nitrogen and oxygen atoms in total. The van der Waals surface area contributed by atoms with E-state index >= 15 is 0 Å². The molecule has 1 fully saturated rings. The fraction of sp³-hybridized carbons (Fsp3) is 0.480. The lowest BCUT2D eigenvalue weighted by atomic mass is 9.87. The second-order valence-corrected chi connectivity index (χ2v) is 8.32. The van der Waals surface area contributed by atoms with Crippen molar-refractivity contribution in [3.8, 4) is 11.5 Å². The molecule has 1 aliphatic carbocycles. The van der Waals surface area contributed by atoms with E-state index in [4.69, 9.17) is 14.2 Å². The highest BCUT2D eigenvalue weighted by molar-refractivity contribution is 5.72. The van der Waals surface area contributed by atoms with Gasteiger partial charge in [0.2, 0.25) is 6.79 Å². The van der Waals surface area contributed by atoms with Crippen molar-refractivity contribution in [2.45, 2.75) is 57.8 Å². The smallest absolute Gasteiger partial charge is 0.310 e. The minimum atomic E-state index is -0.156. The minimum absolute atomic E-state index is 0.156. The molecule has 154 valence electrons. The van der Waals surface area contributed by atoms with Crippen LogP contribution in [0.15, 0.2) is 42.5 Å². The maximum Gasteiger partial charge on any atom is 0.310 e. The van der Waals surface area contributed by atoms with E-state index in [0.717, 1.165) is 23.0 Å². The van der Waals surface area contributed by atoms with Gasteiger partial charge in [-0.05, 0) is 67.6 Å². The van der Waals surface area contributed by atoms with Crippen LogP contribution in [0, 0.1) is 5.92 Å². The Hall–Kier alpha value is -2.49. The molecule has 0 amide bonds. The van der Waals surface area contributed by atoms with E-state index in [1.54, 1.807) is 0 Å². The molecule has 2 aliphatic rings. The number of esters is 1. The summed E-state index contributed by atoms with van der Waals surface area (Å²) >= 11 is 0. The van der Waals surface area contributed by atoms with Crippen LogP contribution >= 0.6 is 0 Å². The van der Waals surface area contributed by atoms with Gasteiger partial charge in [0.05, 0.1) is 13.0 Å². The van der Waals surface area contributed by atoms with Gasteiger partial charge in [-0.2, -0.15) is 0 Å². The number of carbonyl (C=O) groups is 1. The lowest BCUT2D eigenvalue weighted by Crippen LogP contribution is -2.07. The second kappa shape index (κ2) is 8.89. The van der Waals surface area contributed by atoms with Crippen molar-refractivity contribution in [2.75, 3.05) is 13.4 Å². The highest BCUT2D eigenvalue weighted by Crippen LogP contribution is 2.45. The van der Waals surface area contributed by atoms with Crippen LogP contribution in [-0.4, -0.2) is 19.4 Å². The molecule has 0 unspecified atom stereocenters. The SMILES string of the molecule is CCOC(=O)Cc1ccc([C@@H]2CC[C@H](C[C@H](C)c3cccc4c3OCO4)C2)cc1. The highest BCUT2D eigenvalue weighted by Gasteiger charge is 2.29. The minimum Gasteiger partial charge on any atom is -0.466 e. The summed E-state index contributed by atoms with van der Waals surface area (Å²) in [5.74, 6) is 3.46. The van der Waals surface area contributed by atoms with Gasteiger partial charge < -0.3 is 14.2 Å². The topological polar surface area (TPSA) is 44.8 Å². The quantitative estimate of drug-likeness (QED) is 0.574. The second-order valence-electron chi connectivity index (χ2n) is 8.32.